The number of hydrogen-bond donors (Lipinski definition) is 0. The molecule has 0 N–H and O–H groups in total. The van der Waals surface area contributed by atoms with Crippen molar-refractivity contribution in [2.24, 2.45) is 0 Å². The lowest BCUT2D eigenvalue weighted by Crippen LogP contribution is -2.35. The second-order valence-electron chi connectivity index (χ2n) is 4.69. The van der Waals surface area contributed by atoms with Crippen LogP contribution in [0, 0.1) is 0 Å². The zero-order chi connectivity index (χ0) is 13.0. The molecule has 1 aliphatic rings. The van der Waals surface area contributed by atoms with E-state index in [0.29, 0.717) is 11.4 Å². The molecule has 18 heavy (non-hydrogen) atoms. The Labute approximate surface area is 109 Å². The molecule has 1 aromatic carbocycles. The van der Waals surface area contributed by atoms with Crippen LogP contribution >= 0.6 is 0 Å². The summed E-state index contributed by atoms with van der Waals surface area (Å²) in [6.45, 7) is 3.57. The Kier molecular flexibility index (Phi) is 4.37. The molecule has 0 aliphatic carbocycles. The van der Waals surface area contributed by atoms with E-state index in [2.05, 4.69) is 4.90 Å². The third-order valence-electron chi connectivity index (χ3n) is 3.38. The average molecular weight is 268 g/mol. The number of hydrogen-bond acceptors (Lipinski definition) is 3. The van der Waals surface area contributed by atoms with Crippen molar-refractivity contribution < 1.29 is 8.42 Å². The van der Waals surface area contributed by atoms with E-state index < -0.39 is 10.0 Å². The molecule has 1 aromatic rings. The normalized spacial score (nSPS) is 17.4. The van der Waals surface area contributed by atoms with Gasteiger partial charge in [0.1, 0.15) is 0 Å². The molecule has 0 bridgehead atoms. The molecule has 0 atom stereocenters. The Morgan fingerprint density at radius 1 is 1.17 bits per heavy atom. The van der Waals surface area contributed by atoms with E-state index in [9.17, 15) is 8.42 Å². The van der Waals surface area contributed by atoms with Gasteiger partial charge in [-0.2, -0.15) is 4.31 Å². The van der Waals surface area contributed by atoms with Crippen LogP contribution in [0.4, 0.5) is 0 Å². The summed E-state index contributed by atoms with van der Waals surface area (Å²) >= 11 is 0. The van der Waals surface area contributed by atoms with Gasteiger partial charge in [-0.15, -0.1) is 0 Å². The highest BCUT2D eigenvalue weighted by molar-refractivity contribution is 7.89. The summed E-state index contributed by atoms with van der Waals surface area (Å²) in [4.78, 5) is 2.69. The van der Waals surface area contributed by atoms with Gasteiger partial charge in [0.15, 0.2) is 0 Å². The highest BCUT2D eigenvalue weighted by atomic mass is 32.2. The maximum atomic E-state index is 12.2. The van der Waals surface area contributed by atoms with Crippen molar-refractivity contribution in [3.8, 4) is 0 Å². The van der Waals surface area contributed by atoms with E-state index in [4.69, 9.17) is 0 Å². The topological polar surface area (TPSA) is 40.6 Å². The molecule has 0 spiro atoms. The summed E-state index contributed by atoms with van der Waals surface area (Å²) in [5.74, 6) is 0. The van der Waals surface area contributed by atoms with Crippen LogP contribution in [0.1, 0.15) is 12.8 Å². The number of likely N-dealkylation sites (N-methyl/N-ethyl adjacent to an activating group) is 1. The van der Waals surface area contributed by atoms with Gasteiger partial charge >= 0.3 is 0 Å². The first-order chi connectivity index (χ1) is 8.60. The SMILES string of the molecule is CN(CCN1CCCC1)S(=O)(=O)c1ccccc1. The molecule has 0 saturated carbocycles. The Bertz CT molecular complexity index is 467. The lowest BCUT2D eigenvalue weighted by molar-refractivity contribution is 0.310. The monoisotopic (exact) mass is 268 g/mol. The minimum absolute atomic E-state index is 0.369. The lowest BCUT2D eigenvalue weighted by Gasteiger charge is -2.21. The minimum Gasteiger partial charge on any atom is -0.302 e. The number of rotatable bonds is 5. The summed E-state index contributed by atoms with van der Waals surface area (Å²) in [5, 5.41) is 0. The number of sulfonamides is 1. The van der Waals surface area contributed by atoms with Gasteiger partial charge in [-0.05, 0) is 38.1 Å². The number of benzene rings is 1. The highest BCUT2D eigenvalue weighted by Gasteiger charge is 2.21. The van der Waals surface area contributed by atoms with Gasteiger partial charge in [-0.25, -0.2) is 8.42 Å². The Morgan fingerprint density at radius 3 is 2.39 bits per heavy atom. The van der Waals surface area contributed by atoms with Crippen LogP contribution < -0.4 is 0 Å². The van der Waals surface area contributed by atoms with Crippen LogP contribution in [0.5, 0.6) is 0 Å². The Hall–Kier alpha value is -0.910. The fourth-order valence-corrected chi connectivity index (χ4v) is 3.36. The largest absolute Gasteiger partial charge is 0.302 e. The van der Waals surface area contributed by atoms with Crippen LogP contribution in [-0.4, -0.2) is 50.8 Å². The molecule has 100 valence electrons. The first kappa shape index (κ1) is 13.5. The average Bonchev–Trinajstić information content (AvgIpc) is 2.90. The van der Waals surface area contributed by atoms with Gasteiger partial charge < -0.3 is 4.90 Å². The number of likely N-dealkylation sites (tertiary alicyclic amines) is 1. The van der Waals surface area contributed by atoms with Crippen molar-refractivity contribution in [1.29, 1.82) is 0 Å². The van der Waals surface area contributed by atoms with Gasteiger partial charge in [-0.3, -0.25) is 0 Å². The zero-order valence-corrected chi connectivity index (χ0v) is 11.6. The minimum atomic E-state index is -3.32. The van der Waals surface area contributed by atoms with Crippen molar-refractivity contribution in [3.63, 3.8) is 0 Å². The van der Waals surface area contributed by atoms with E-state index in [1.807, 2.05) is 6.07 Å². The molecule has 0 unspecified atom stereocenters. The lowest BCUT2D eigenvalue weighted by atomic mass is 10.4. The van der Waals surface area contributed by atoms with Crippen LogP contribution in [0.15, 0.2) is 35.2 Å². The molecule has 1 heterocycles. The first-order valence-corrected chi connectivity index (χ1v) is 7.78. The molecular formula is C13H20N2O2S. The fourth-order valence-electron chi connectivity index (χ4n) is 2.18. The second-order valence-corrected chi connectivity index (χ2v) is 6.73. The van der Waals surface area contributed by atoms with Gasteiger partial charge in [0.2, 0.25) is 10.0 Å². The van der Waals surface area contributed by atoms with Crippen LogP contribution in [-0.2, 0) is 10.0 Å². The number of nitrogens with zero attached hydrogens (tertiary/aromatic N) is 2. The van der Waals surface area contributed by atoms with Gasteiger partial charge in [0.05, 0.1) is 4.90 Å². The van der Waals surface area contributed by atoms with Crippen molar-refractivity contribution in [3.05, 3.63) is 30.3 Å². The van der Waals surface area contributed by atoms with Crippen molar-refractivity contribution in [2.75, 3.05) is 33.2 Å². The Balaban J connectivity index is 1.97. The van der Waals surface area contributed by atoms with Crippen LogP contribution in [0.2, 0.25) is 0 Å². The second kappa shape index (κ2) is 5.82. The summed E-state index contributed by atoms with van der Waals surface area (Å²) in [7, 11) is -1.67. The first-order valence-electron chi connectivity index (χ1n) is 6.34. The van der Waals surface area contributed by atoms with Gasteiger partial charge in [0.25, 0.3) is 0 Å². The van der Waals surface area contributed by atoms with E-state index in [-0.39, 0.29) is 0 Å². The van der Waals surface area contributed by atoms with Gasteiger partial charge in [0, 0.05) is 20.1 Å². The molecule has 1 aliphatic heterocycles. The third kappa shape index (κ3) is 3.10. The van der Waals surface area contributed by atoms with E-state index in [1.165, 1.54) is 17.1 Å². The molecular weight excluding hydrogens is 248 g/mol. The van der Waals surface area contributed by atoms with E-state index >= 15 is 0 Å². The standard InChI is InChI=1S/C13H20N2O2S/c1-14(11-12-15-9-5-6-10-15)18(16,17)13-7-3-2-4-8-13/h2-4,7-8H,5-6,9-12H2,1H3. The molecule has 1 saturated heterocycles. The fraction of sp³-hybridized carbons (Fsp3) is 0.538. The Morgan fingerprint density at radius 2 is 1.78 bits per heavy atom. The van der Waals surface area contributed by atoms with Crippen molar-refractivity contribution in [2.45, 2.75) is 17.7 Å². The predicted molar refractivity (Wildman–Crippen MR) is 71.9 cm³/mol. The third-order valence-corrected chi connectivity index (χ3v) is 5.25. The molecule has 0 aromatic heterocycles. The predicted octanol–water partition coefficient (Wildman–Crippen LogP) is 1.40. The summed E-state index contributed by atoms with van der Waals surface area (Å²) in [5.41, 5.74) is 0. The summed E-state index contributed by atoms with van der Waals surface area (Å²) in [6.07, 6.45) is 2.46. The maximum absolute atomic E-state index is 12.2. The van der Waals surface area contributed by atoms with Crippen molar-refractivity contribution in [1.82, 2.24) is 9.21 Å². The molecule has 0 amide bonds. The molecule has 1 fully saturated rings. The molecule has 0 radical (unpaired) electrons. The van der Waals surface area contributed by atoms with Gasteiger partial charge in [-0.1, -0.05) is 18.2 Å². The molecule has 5 heteroatoms. The molecule has 2 rings (SSSR count). The quantitative estimate of drug-likeness (QED) is 0.810. The molecule has 4 nitrogen and oxygen atoms in total. The van der Waals surface area contributed by atoms with Crippen LogP contribution in [0.25, 0.3) is 0 Å². The summed E-state index contributed by atoms with van der Waals surface area (Å²) in [6, 6.07) is 8.61. The summed E-state index contributed by atoms with van der Waals surface area (Å²) < 4.78 is 25.9. The van der Waals surface area contributed by atoms with Crippen LogP contribution in [0.3, 0.4) is 0 Å². The van der Waals surface area contributed by atoms with Crippen molar-refractivity contribution >= 4 is 10.0 Å². The smallest absolute Gasteiger partial charge is 0.242 e. The highest BCUT2D eigenvalue weighted by Crippen LogP contribution is 2.14. The van der Waals surface area contributed by atoms with E-state index in [1.54, 1.807) is 31.3 Å². The zero-order valence-electron chi connectivity index (χ0n) is 10.7. The van der Waals surface area contributed by atoms with E-state index in [0.717, 1.165) is 19.6 Å². The maximum Gasteiger partial charge on any atom is 0.242 e.